The molecule has 4 heteroatoms. The normalized spacial score (nSPS) is 15.3. The van der Waals surface area contributed by atoms with Gasteiger partial charge in [-0.15, -0.1) is 0 Å². The third kappa shape index (κ3) is 2.40. The van der Waals surface area contributed by atoms with Crippen LogP contribution in [0.3, 0.4) is 0 Å². The molecule has 0 saturated carbocycles. The van der Waals surface area contributed by atoms with Crippen LogP contribution in [0.1, 0.15) is 12.8 Å². The molecular weight excluding hydrogens is 190 g/mol. The molecule has 4 nitrogen and oxygen atoms in total. The fourth-order valence-electron chi connectivity index (χ4n) is 1.87. The summed E-state index contributed by atoms with van der Waals surface area (Å²) in [7, 11) is 0. The van der Waals surface area contributed by atoms with Gasteiger partial charge in [0.25, 0.3) is 0 Å². The van der Waals surface area contributed by atoms with Gasteiger partial charge in [-0.1, -0.05) is 0 Å². The minimum Gasteiger partial charge on any atom is -0.372 e. The molecule has 15 heavy (non-hydrogen) atoms. The number of carbonyl (C=O) groups excluding carboxylic acids is 1. The molecule has 1 aromatic carbocycles. The SMILES string of the molecule is NC(=O)Nc1ccc(N2CCCC2)cc1. The van der Waals surface area contributed by atoms with Gasteiger partial charge in [-0.25, -0.2) is 4.79 Å². The second kappa shape index (κ2) is 4.21. The Morgan fingerprint density at radius 1 is 1.20 bits per heavy atom. The van der Waals surface area contributed by atoms with Crippen molar-refractivity contribution in [3.05, 3.63) is 24.3 Å². The summed E-state index contributed by atoms with van der Waals surface area (Å²) in [5, 5.41) is 2.54. The van der Waals surface area contributed by atoms with Gasteiger partial charge in [-0.2, -0.15) is 0 Å². The van der Waals surface area contributed by atoms with Gasteiger partial charge in [0, 0.05) is 24.5 Å². The van der Waals surface area contributed by atoms with E-state index in [0.717, 1.165) is 18.8 Å². The number of primary amides is 1. The maximum atomic E-state index is 10.6. The van der Waals surface area contributed by atoms with E-state index in [1.165, 1.54) is 18.5 Å². The summed E-state index contributed by atoms with van der Waals surface area (Å²) in [5.74, 6) is 0. The zero-order valence-corrected chi connectivity index (χ0v) is 8.57. The van der Waals surface area contributed by atoms with Crippen LogP contribution >= 0.6 is 0 Å². The van der Waals surface area contributed by atoms with E-state index in [0.29, 0.717) is 0 Å². The van der Waals surface area contributed by atoms with Crippen LogP contribution in [0.4, 0.5) is 16.2 Å². The first-order chi connectivity index (χ1) is 7.25. The lowest BCUT2D eigenvalue weighted by molar-refractivity contribution is 0.259. The largest absolute Gasteiger partial charge is 0.372 e. The standard InChI is InChI=1S/C11H15N3O/c12-11(15)13-9-3-5-10(6-4-9)14-7-1-2-8-14/h3-6H,1-2,7-8H2,(H3,12,13,15). The summed E-state index contributed by atoms with van der Waals surface area (Å²) in [6, 6.07) is 7.24. The second-order valence-electron chi connectivity index (χ2n) is 3.73. The Labute approximate surface area is 89.1 Å². The Morgan fingerprint density at radius 2 is 1.80 bits per heavy atom. The summed E-state index contributed by atoms with van der Waals surface area (Å²) in [5.41, 5.74) is 6.98. The van der Waals surface area contributed by atoms with Crippen LogP contribution in [0, 0.1) is 0 Å². The predicted octanol–water partition coefficient (Wildman–Crippen LogP) is 1.78. The lowest BCUT2D eigenvalue weighted by atomic mass is 10.2. The molecule has 0 aromatic heterocycles. The van der Waals surface area contributed by atoms with Crippen molar-refractivity contribution in [3.8, 4) is 0 Å². The fraction of sp³-hybridized carbons (Fsp3) is 0.364. The van der Waals surface area contributed by atoms with Gasteiger partial charge in [0.05, 0.1) is 0 Å². The number of nitrogens with two attached hydrogens (primary N) is 1. The topological polar surface area (TPSA) is 58.4 Å². The molecule has 0 spiro atoms. The van der Waals surface area contributed by atoms with Crippen molar-refractivity contribution >= 4 is 17.4 Å². The van der Waals surface area contributed by atoms with Crippen molar-refractivity contribution in [3.63, 3.8) is 0 Å². The minimum atomic E-state index is -0.524. The van der Waals surface area contributed by atoms with Crippen LogP contribution in [-0.2, 0) is 0 Å². The molecule has 0 bridgehead atoms. The highest BCUT2D eigenvalue weighted by molar-refractivity contribution is 5.87. The van der Waals surface area contributed by atoms with E-state index in [2.05, 4.69) is 10.2 Å². The fourth-order valence-corrected chi connectivity index (χ4v) is 1.87. The number of anilines is 2. The first-order valence-corrected chi connectivity index (χ1v) is 5.17. The van der Waals surface area contributed by atoms with E-state index >= 15 is 0 Å². The number of nitrogens with zero attached hydrogens (tertiary/aromatic N) is 1. The average molecular weight is 205 g/mol. The number of nitrogens with one attached hydrogen (secondary N) is 1. The molecule has 2 amide bonds. The highest BCUT2D eigenvalue weighted by Gasteiger charge is 2.11. The average Bonchev–Trinajstić information content (AvgIpc) is 2.71. The summed E-state index contributed by atoms with van der Waals surface area (Å²) >= 11 is 0. The van der Waals surface area contributed by atoms with Crippen LogP contribution in [0.2, 0.25) is 0 Å². The first kappa shape index (κ1) is 9.83. The maximum absolute atomic E-state index is 10.6. The number of hydrogen-bond acceptors (Lipinski definition) is 2. The van der Waals surface area contributed by atoms with Crippen molar-refractivity contribution in [2.24, 2.45) is 5.73 Å². The van der Waals surface area contributed by atoms with E-state index in [1.807, 2.05) is 24.3 Å². The molecule has 0 atom stereocenters. The van der Waals surface area contributed by atoms with Crippen LogP contribution in [0.15, 0.2) is 24.3 Å². The Kier molecular flexibility index (Phi) is 2.76. The monoisotopic (exact) mass is 205 g/mol. The van der Waals surface area contributed by atoms with Crippen LogP contribution in [-0.4, -0.2) is 19.1 Å². The lowest BCUT2D eigenvalue weighted by Crippen LogP contribution is -2.20. The molecule has 1 aromatic rings. The van der Waals surface area contributed by atoms with Gasteiger partial charge < -0.3 is 16.0 Å². The number of amides is 2. The van der Waals surface area contributed by atoms with E-state index in [-0.39, 0.29) is 0 Å². The van der Waals surface area contributed by atoms with Gasteiger partial charge in [0.2, 0.25) is 0 Å². The molecule has 1 aliphatic rings. The van der Waals surface area contributed by atoms with Gasteiger partial charge >= 0.3 is 6.03 Å². The second-order valence-corrected chi connectivity index (χ2v) is 3.73. The molecule has 80 valence electrons. The highest BCUT2D eigenvalue weighted by Crippen LogP contribution is 2.21. The number of urea groups is 1. The molecule has 1 heterocycles. The number of carbonyl (C=O) groups is 1. The van der Waals surface area contributed by atoms with Crippen molar-refractivity contribution in [2.45, 2.75) is 12.8 Å². The Hall–Kier alpha value is -1.71. The summed E-state index contributed by atoms with van der Waals surface area (Å²) in [6.07, 6.45) is 2.53. The molecule has 1 saturated heterocycles. The Morgan fingerprint density at radius 3 is 2.33 bits per heavy atom. The summed E-state index contributed by atoms with van der Waals surface area (Å²) in [4.78, 5) is 13.0. The molecule has 2 rings (SSSR count). The van der Waals surface area contributed by atoms with E-state index < -0.39 is 6.03 Å². The van der Waals surface area contributed by atoms with Crippen molar-refractivity contribution in [1.29, 1.82) is 0 Å². The molecular formula is C11H15N3O. The molecule has 1 aliphatic heterocycles. The van der Waals surface area contributed by atoms with Crippen molar-refractivity contribution in [1.82, 2.24) is 0 Å². The van der Waals surface area contributed by atoms with E-state index in [9.17, 15) is 4.79 Å². The highest BCUT2D eigenvalue weighted by atomic mass is 16.2. The summed E-state index contributed by atoms with van der Waals surface area (Å²) < 4.78 is 0. The van der Waals surface area contributed by atoms with Crippen LogP contribution in [0.25, 0.3) is 0 Å². The predicted molar refractivity (Wildman–Crippen MR) is 61.1 cm³/mol. The molecule has 0 radical (unpaired) electrons. The maximum Gasteiger partial charge on any atom is 0.316 e. The minimum absolute atomic E-state index is 0.524. The zero-order chi connectivity index (χ0) is 10.7. The van der Waals surface area contributed by atoms with Crippen molar-refractivity contribution in [2.75, 3.05) is 23.3 Å². The van der Waals surface area contributed by atoms with Crippen molar-refractivity contribution < 1.29 is 4.79 Å². The number of benzene rings is 1. The molecule has 1 fully saturated rings. The molecule has 0 aliphatic carbocycles. The Bertz CT molecular complexity index is 341. The third-order valence-electron chi connectivity index (χ3n) is 2.61. The van der Waals surface area contributed by atoms with Gasteiger partial charge in [0.15, 0.2) is 0 Å². The summed E-state index contributed by atoms with van der Waals surface area (Å²) in [6.45, 7) is 2.26. The zero-order valence-electron chi connectivity index (χ0n) is 8.57. The first-order valence-electron chi connectivity index (χ1n) is 5.17. The van der Waals surface area contributed by atoms with Crippen LogP contribution in [0.5, 0.6) is 0 Å². The lowest BCUT2D eigenvalue weighted by Gasteiger charge is -2.17. The number of hydrogen-bond donors (Lipinski definition) is 2. The van der Waals surface area contributed by atoms with Crippen LogP contribution < -0.4 is 16.0 Å². The molecule has 0 unspecified atom stereocenters. The third-order valence-corrected chi connectivity index (χ3v) is 2.61. The van der Waals surface area contributed by atoms with Gasteiger partial charge in [0.1, 0.15) is 0 Å². The Balaban J connectivity index is 2.06. The number of rotatable bonds is 2. The van der Waals surface area contributed by atoms with E-state index in [1.54, 1.807) is 0 Å². The van der Waals surface area contributed by atoms with Gasteiger partial charge in [-0.3, -0.25) is 0 Å². The van der Waals surface area contributed by atoms with Gasteiger partial charge in [-0.05, 0) is 37.1 Å². The quantitative estimate of drug-likeness (QED) is 0.773. The smallest absolute Gasteiger partial charge is 0.316 e. The van der Waals surface area contributed by atoms with E-state index in [4.69, 9.17) is 5.73 Å². The molecule has 3 N–H and O–H groups in total.